The highest BCUT2D eigenvalue weighted by Gasteiger charge is 2.30. The molecule has 9 heteroatoms. The van der Waals surface area contributed by atoms with Gasteiger partial charge in [0.2, 0.25) is 0 Å². The zero-order valence-corrected chi connectivity index (χ0v) is 21.0. The van der Waals surface area contributed by atoms with Crippen LogP contribution >= 0.6 is 0 Å². The molecule has 0 aliphatic carbocycles. The molecule has 4 heterocycles. The van der Waals surface area contributed by atoms with Crippen molar-refractivity contribution >= 4 is 11.2 Å². The Morgan fingerprint density at radius 3 is 2.86 bits per heavy atom. The third-order valence-electron chi connectivity index (χ3n) is 6.66. The molecule has 1 aliphatic heterocycles. The molecule has 0 bridgehead atoms. The molecule has 0 saturated heterocycles. The lowest BCUT2D eigenvalue weighted by Crippen LogP contribution is -2.31. The predicted molar refractivity (Wildman–Crippen MR) is 140 cm³/mol. The Labute approximate surface area is 214 Å². The van der Waals surface area contributed by atoms with Gasteiger partial charge in [-0.05, 0) is 35.0 Å². The molecule has 9 nitrogen and oxygen atoms in total. The van der Waals surface area contributed by atoms with Crippen molar-refractivity contribution < 1.29 is 9.26 Å². The number of aromatic nitrogens is 4. The summed E-state index contributed by atoms with van der Waals surface area (Å²) in [6.45, 7) is 12.4. The van der Waals surface area contributed by atoms with Crippen LogP contribution in [0.15, 0.2) is 65.0 Å². The van der Waals surface area contributed by atoms with Gasteiger partial charge in [0.15, 0.2) is 5.65 Å². The first-order chi connectivity index (χ1) is 17.9. The number of allylic oxidation sites excluding steroid dienone is 1. The van der Waals surface area contributed by atoms with Crippen molar-refractivity contribution in [3.63, 3.8) is 0 Å². The van der Waals surface area contributed by atoms with Gasteiger partial charge in [-0.25, -0.2) is 9.78 Å². The van der Waals surface area contributed by atoms with Crippen LogP contribution in [-0.4, -0.2) is 37.3 Å². The molecule has 4 aromatic rings. The normalized spacial score (nSPS) is 15.3. The van der Waals surface area contributed by atoms with Crippen LogP contribution in [0.4, 0.5) is 0 Å². The molecular formula is C28H28N6O3. The van der Waals surface area contributed by atoms with Crippen molar-refractivity contribution in [3.8, 4) is 23.2 Å². The maximum Gasteiger partial charge on any atom is 0.330 e. The van der Waals surface area contributed by atoms with E-state index in [1.165, 1.54) is 4.57 Å². The zero-order chi connectivity index (χ0) is 26.1. The highest BCUT2D eigenvalue weighted by atomic mass is 16.5. The third kappa shape index (κ3) is 4.36. The number of hydrogen-bond donors (Lipinski definition) is 0. The van der Waals surface area contributed by atoms with Crippen LogP contribution in [0.3, 0.4) is 0 Å². The summed E-state index contributed by atoms with van der Waals surface area (Å²) in [5, 5.41) is 13.9. The molecule has 0 spiro atoms. The smallest absolute Gasteiger partial charge is 0.330 e. The van der Waals surface area contributed by atoms with Gasteiger partial charge in [0.25, 0.3) is 5.88 Å². The van der Waals surface area contributed by atoms with Crippen LogP contribution in [-0.2, 0) is 26.7 Å². The summed E-state index contributed by atoms with van der Waals surface area (Å²) in [4.78, 5) is 19.7. The fourth-order valence-electron chi connectivity index (χ4n) is 4.96. The van der Waals surface area contributed by atoms with Crippen LogP contribution in [0.1, 0.15) is 35.3 Å². The number of nitrogens with zero attached hydrogens (tertiary/aromatic N) is 6. The van der Waals surface area contributed by atoms with Crippen LogP contribution in [0, 0.1) is 11.3 Å². The number of hydrogen-bond acceptors (Lipinski definition) is 7. The fraction of sp³-hybridized carbons (Fsp3) is 0.286. The van der Waals surface area contributed by atoms with E-state index in [0.29, 0.717) is 49.0 Å². The van der Waals surface area contributed by atoms with Gasteiger partial charge in [0.05, 0.1) is 28.4 Å². The maximum atomic E-state index is 12.7. The number of fused-ring (bicyclic) bond motifs is 2. The Bertz CT molecular complexity index is 1600. The fourth-order valence-corrected chi connectivity index (χ4v) is 4.96. The van der Waals surface area contributed by atoms with Gasteiger partial charge in [-0.1, -0.05) is 31.7 Å². The van der Waals surface area contributed by atoms with E-state index in [-0.39, 0.29) is 11.6 Å². The van der Waals surface area contributed by atoms with Gasteiger partial charge in [-0.15, -0.1) is 6.58 Å². The summed E-state index contributed by atoms with van der Waals surface area (Å²) in [7, 11) is 1.70. The monoisotopic (exact) mass is 496 g/mol. The zero-order valence-electron chi connectivity index (χ0n) is 21.0. The lowest BCUT2D eigenvalue weighted by Gasteiger charge is -2.29. The minimum Gasteiger partial charge on any atom is -0.471 e. The molecule has 0 amide bonds. The van der Waals surface area contributed by atoms with Crippen molar-refractivity contribution in [2.24, 2.45) is 7.05 Å². The van der Waals surface area contributed by atoms with Crippen molar-refractivity contribution in [2.45, 2.75) is 32.5 Å². The number of ether oxygens (including phenoxy) is 1. The summed E-state index contributed by atoms with van der Waals surface area (Å²) in [5.41, 5.74) is 5.06. The van der Waals surface area contributed by atoms with E-state index in [1.54, 1.807) is 23.8 Å². The largest absolute Gasteiger partial charge is 0.471 e. The lowest BCUT2D eigenvalue weighted by molar-refractivity contribution is 0.205. The molecule has 0 radical (unpaired) electrons. The van der Waals surface area contributed by atoms with E-state index in [1.807, 2.05) is 30.3 Å². The van der Waals surface area contributed by atoms with Crippen LogP contribution in [0.2, 0.25) is 0 Å². The number of pyridine rings is 1. The van der Waals surface area contributed by atoms with Gasteiger partial charge < -0.3 is 9.26 Å². The molecule has 37 heavy (non-hydrogen) atoms. The summed E-state index contributed by atoms with van der Waals surface area (Å²) in [6, 6.07) is 11.8. The number of rotatable bonds is 8. The Hall–Kier alpha value is -4.42. The summed E-state index contributed by atoms with van der Waals surface area (Å²) >= 11 is 0. The van der Waals surface area contributed by atoms with Gasteiger partial charge >= 0.3 is 5.69 Å². The van der Waals surface area contributed by atoms with Crippen LogP contribution < -0.4 is 10.4 Å². The van der Waals surface area contributed by atoms with Crippen molar-refractivity contribution in [1.29, 1.82) is 5.26 Å². The Morgan fingerprint density at radius 2 is 2.11 bits per heavy atom. The van der Waals surface area contributed by atoms with Crippen LogP contribution in [0.5, 0.6) is 5.88 Å². The van der Waals surface area contributed by atoms with Crippen molar-refractivity contribution in [1.82, 2.24) is 24.2 Å². The average molecular weight is 497 g/mol. The molecule has 5 rings (SSSR count). The Balaban J connectivity index is 1.47. The van der Waals surface area contributed by atoms with Gasteiger partial charge in [0.1, 0.15) is 12.4 Å². The standard InChI is InChI=1S/C28H28N6O3/c1-5-11-34-24-10-9-23(30-26(24)32(4)28(34)35)21-13-19(7-8-20(21)14-29)16-33-15-18(3)25-22(17-33)27(31-37-25)36-12-6-2/h5-10,13,18H,1-2,11-12,15-17H2,3-4H3. The molecule has 188 valence electrons. The maximum absolute atomic E-state index is 12.7. The molecular weight excluding hydrogens is 468 g/mol. The highest BCUT2D eigenvalue weighted by molar-refractivity contribution is 5.78. The van der Waals surface area contributed by atoms with E-state index in [9.17, 15) is 10.1 Å². The molecule has 0 fully saturated rings. The van der Waals surface area contributed by atoms with Gasteiger partial charge in [-0.3, -0.25) is 14.0 Å². The summed E-state index contributed by atoms with van der Waals surface area (Å²) in [5.74, 6) is 1.54. The SMILES string of the molecule is C=CCOc1noc2c1CN(Cc1ccc(C#N)c(-c3ccc4c(n3)n(C)c(=O)n4CC=C)c1)CC2C. The lowest BCUT2D eigenvalue weighted by atomic mass is 9.97. The number of benzene rings is 1. The van der Waals surface area contributed by atoms with Crippen molar-refractivity contribution in [2.75, 3.05) is 13.2 Å². The second kappa shape index (κ2) is 9.91. The summed E-state index contributed by atoms with van der Waals surface area (Å²) < 4.78 is 14.4. The first-order valence-corrected chi connectivity index (χ1v) is 12.1. The average Bonchev–Trinajstić information content (AvgIpc) is 3.42. The second-order valence-corrected chi connectivity index (χ2v) is 9.27. The topological polar surface area (TPSA) is 102 Å². The third-order valence-corrected chi connectivity index (χ3v) is 6.66. The summed E-state index contributed by atoms with van der Waals surface area (Å²) in [6.07, 6.45) is 3.37. The van der Waals surface area contributed by atoms with Gasteiger partial charge in [-0.2, -0.15) is 5.26 Å². The van der Waals surface area contributed by atoms with Gasteiger partial charge in [0, 0.05) is 44.7 Å². The number of aryl methyl sites for hydroxylation is 1. The van der Waals surface area contributed by atoms with Crippen molar-refractivity contribution in [3.05, 3.63) is 88.6 Å². The highest BCUT2D eigenvalue weighted by Crippen LogP contribution is 2.35. The predicted octanol–water partition coefficient (Wildman–Crippen LogP) is 4.13. The van der Waals surface area contributed by atoms with E-state index >= 15 is 0 Å². The molecule has 3 aromatic heterocycles. The molecule has 1 aromatic carbocycles. The van der Waals surface area contributed by atoms with E-state index in [4.69, 9.17) is 14.2 Å². The van der Waals surface area contributed by atoms with E-state index in [0.717, 1.165) is 34.5 Å². The quantitative estimate of drug-likeness (QED) is 0.338. The Morgan fingerprint density at radius 1 is 1.27 bits per heavy atom. The molecule has 1 aliphatic rings. The molecule has 1 atom stereocenters. The molecule has 1 unspecified atom stereocenters. The van der Waals surface area contributed by atoms with E-state index in [2.05, 4.69) is 36.2 Å². The second-order valence-electron chi connectivity index (χ2n) is 9.27. The first-order valence-electron chi connectivity index (χ1n) is 12.1. The van der Waals surface area contributed by atoms with E-state index < -0.39 is 0 Å². The molecule has 0 N–H and O–H groups in total. The number of imidazole rings is 1. The molecule has 0 saturated carbocycles. The van der Waals surface area contributed by atoms with Crippen LogP contribution in [0.25, 0.3) is 22.4 Å². The first kappa shape index (κ1) is 24.3. The minimum absolute atomic E-state index is 0.155. The minimum atomic E-state index is -0.155. The number of nitriles is 1. The Kier molecular flexibility index (Phi) is 6.51.